The Morgan fingerprint density at radius 1 is 0.944 bits per heavy atom. The van der Waals surface area contributed by atoms with Gasteiger partial charge in [-0.15, -0.1) is 0 Å². The van der Waals surface area contributed by atoms with Crippen LogP contribution in [0.4, 0.5) is 0 Å². The molecule has 1 heteroatoms. The fraction of sp³-hybridized carbons (Fsp3) is 0.294. The topological polar surface area (TPSA) is 0 Å². The molecular formula is C17H17Br. The minimum Gasteiger partial charge on any atom is -0.0871 e. The quantitative estimate of drug-likeness (QED) is 0.659. The van der Waals surface area contributed by atoms with Gasteiger partial charge in [0.2, 0.25) is 0 Å². The molecule has 3 unspecified atom stereocenters. The third-order valence-corrected chi connectivity index (χ3v) is 6.08. The molecule has 0 aromatic heterocycles. The van der Waals surface area contributed by atoms with E-state index in [0.29, 0.717) is 10.7 Å². The molecule has 1 aliphatic rings. The van der Waals surface area contributed by atoms with E-state index in [1.807, 2.05) is 0 Å². The van der Waals surface area contributed by atoms with E-state index in [4.69, 9.17) is 0 Å². The standard InChI is InChI=1S/C17H17Br/c1-12-14-10-6-7-11-15(14)17(2,16(12)18)13-8-4-3-5-9-13/h3-12,16H,1-2H3. The smallest absolute Gasteiger partial charge is 0.0346 e. The Bertz CT molecular complexity index is 561. The van der Waals surface area contributed by atoms with Crippen molar-refractivity contribution in [1.82, 2.24) is 0 Å². The van der Waals surface area contributed by atoms with Gasteiger partial charge >= 0.3 is 0 Å². The molecule has 0 nitrogen and oxygen atoms in total. The molecule has 18 heavy (non-hydrogen) atoms. The Kier molecular flexibility index (Phi) is 2.82. The van der Waals surface area contributed by atoms with Gasteiger partial charge in [-0.05, 0) is 22.6 Å². The van der Waals surface area contributed by atoms with Crippen molar-refractivity contribution in [1.29, 1.82) is 0 Å². The van der Waals surface area contributed by atoms with Crippen LogP contribution in [-0.2, 0) is 5.41 Å². The predicted molar refractivity (Wildman–Crippen MR) is 80.5 cm³/mol. The second-order valence-electron chi connectivity index (χ2n) is 5.35. The number of benzene rings is 2. The van der Waals surface area contributed by atoms with Gasteiger partial charge < -0.3 is 0 Å². The van der Waals surface area contributed by atoms with Crippen molar-refractivity contribution in [2.75, 3.05) is 0 Å². The zero-order valence-electron chi connectivity index (χ0n) is 10.7. The molecule has 2 aromatic rings. The first-order chi connectivity index (χ1) is 8.65. The lowest BCUT2D eigenvalue weighted by molar-refractivity contribution is 0.552. The third-order valence-electron chi connectivity index (χ3n) is 4.37. The van der Waals surface area contributed by atoms with E-state index in [1.54, 1.807) is 0 Å². The summed E-state index contributed by atoms with van der Waals surface area (Å²) in [5.41, 5.74) is 4.40. The molecule has 0 heterocycles. The first-order valence-electron chi connectivity index (χ1n) is 6.44. The second kappa shape index (κ2) is 4.24. The van der Waals surface area contributed by atoms with E-state index >= 15 is 0 Å². The average Bonchev–Trinajstić information content (AvgIpc) is 2.64. The molecule has 0 aliphatic heterocycles. The lowest BCUT2D eigenvalue weighted by Crippen LogP contribution is -2.30. The molecule has 0 amide bonds. The summed E-state index contributed by atoms with van der Waals surface area (Å²) < 4.78 is 0. The Balaban J connectivity index is 2.24. The van der Waals surface area contributed by atoms with E-state index < -0.39 is 0 Å². The number of halogens is 1. The van der Waals surface area contributed by atoms with Crippen LogP contribution >= 0.6 is 15.9 Å². The maximum atomic E-state index is 3.94. The lowest BCUT2D eigenvalue weighted by Gasteiger charge is -2.31. The highest BCUT2D eigenvalue weighted by Crippen LogP contribution is 2.52. The third kappa shape index (κ3) is 1.50. The zero-order valence-corrected chi connectivity index (χ0v) is 12.3. The van der Waals surface area contributed by atoms with Gasteiger partial charge in [-0.1, -0.05) is 84.4 Å². The van der Waals surface area contributed by atoms with E-state index in [-0.39, 0.29) is 5.41 Å². The highest BCUT2D eigenvalue weighted by Gasteiger charge is 2.46. The second-order valence-corrected chi connectivity index (χ2v) is 6.33. The molecule has 2 aromatic carbocycles. The molecule has 0 bridgehead atoms. The Morgan fingerprint density at radius 3 is 2.28 bits per heavy atom. The van der Waals surface area contributed by atoms with Crippen molar-refractivity contribution >= 4 is 15.9 Å². The van der Waals surface area contributed by atoms with Crippen molar-refractivity contribution in [3.63, 3.8) is 0 Å². The molecule has 0 spiro atoms. The van der Waals surface area contributed by atoms with Gasteiger partial charge in [-0.2, -0.15) is 0 Å². The summed E-state index contributed by atoms with van der Waals surface area (Å²) in [5, 5.41) is 0. The van der Waals surface area contributed by atoms with Crippen molar-refractivity contribution < 1.29 is 0 Å². The molecule has 0 saturated heterocycles. The fourth-order valence-corrected chi connectivity index (χ4v) is 4.07. The normalized spacial score (nSPS) is 30.2. The minimum atomic E-state index is 0.0667. The zero-order chi connectivity index (χ0) is 12.8. The van der Waals surface area contributed by atoms with Gasteiger partial charge in [0.15, 0.2) is 0 Å². The summed E-state index contributed by atoms with van der Waals surface area (Å²) in [5.74, 6) is 0.548. The van der Waals surface area contributed by atoms with Crippen LogP contribution in [0.5, 0.6) is 0 Å². The van der Waals surface area contributed by atoms with Crippen LogP contribution < -0.4 is 0 Å². The van der Waals surface area contributed by atoms with Crippen LogP contribution in [-0.4, -0.2) is 4.83 Å². The maximum Gasteiger partial charge on any atom is 0.0346 e. The summed E-state index contributed by atoms with van der Waals surface area (Å²) >= 11 is 3.94. The van der Waals surface area contributed by atoms with Crippen LogP contribution in [0.25, 0.3) is 0 Å². The highest BCUT2D eigenvalue weighted by atomic mass is 79.9. The van der Waals surface area contributed by atoms with Gasteiger partial charge in [0.25, 0.3) is 0 Å². The Labute approximate surface area is 117 Å². The van der Waals surface area contributed by atoms with Crippen molar-refractivity contribution in [2.24, 2.45) is 0 Å². The molecule has 3 rings (SSSR count). The van der Waals surface area contributed by atoms with E-state index in [0.717, 1.165) is 0 Å². The monoisotopic (exact) mass is 300 g/mol. The van der Waals surface area contributed by atoms with Gasteiger partial charge in [0.05, 0.1) is 0 Å². The van der Waals surface area contributed by atoms with Crippen LogP contribution in [0.15, 0.2) is 54.6 Å². The average molecular weight is 301 g/mol. The number of hydrogen-bond acceptors (Lipinski definition) is 0. The SMILES string of the molecule is CC1c2ccccc2C(C)(c2ccccc2)C1Br. The summed E-state index contributed by atoms with van der Waals surface area (Å²) in [7, 11) is 0. The largest absolute Gasteiger partial charge is 0.0871 e. The molecular weight excluding hydrogens is 284 g/mol. The molecule has 0 N–H and O–H groups in total. The molecule has 92 valence electrons. The fourth-order valence-electron chi connectivity index (χ4n) is 3.27. The van der Waals surface area contributed by atoms with Gasteiger partial charge in [-0.3, -0.25) is 0 Å². The molecule has 1 aliphatic carbocycles. The van der Waals surface area contributed by atoms with Crippen molar-refractivity contribution in [2.45, 2.75) is 30.0 Å². The van der Waals surface area contributed by atoms with Crippen LogP contribution in [0.2, 0.25) is 0 Å². The molecule has 0 radical (unpaired) electrons. The summed E-state index contributed by atoms with van der Waals surface area (Å²) in [6, 6.07) is 19.7. The first kappa shape index (κ1) is 12.0. The first-order valence-corrected chi connectivity index (χ1v) is 7.36. The van der Waals surface area contributed by atoms with E-state index in [2.05, 4.69) is 84.4 Å². The number of hydrogen-bond donors (Lipinski definition) is 0. The highest BCUT2D eigenvalue weighted by molar-refractivity contribution is 9.09. The molecule has 0 fully saturated rings. The molecule has 0 saturated carbocycles. The van der Waals surface area contributed by atoms with Crippen molar-refractivity contribution in [3.05, 3.63) is 71.3 Å². The summed E-state index contributed by atoms with van der Waals surface area (Å²) in [4.78, 5) is 0.449. The maximum absolute atomic E-state index is 3.94. The van der Waals surface area contributed by atoms with Crippen LogP contribution in [0.1, 0.15) is 36.5 Å². The van der Waals surface area contributed by atoms with E-state index in [1.165, 1.54) is 16.7 Å². The number of fused-ring (bicyclic) bond motifs is 1. The van der Waals surface area contributed by atoms with Crippen LogP contribution in [0.3, 0.4) is 0 Å². The summed E-state index contributed by atoms with van der Waals surface area (Å²) in [6.07, 6.45) is 0. The van der Waals surface area contributed by atoms with E-state index in [9.17, 15) is 0 Å². The predicted octanol–water partition coefficient (Wildman–Crippen LogP) is 4.87. The number of alkyl halides is 1. The lowest BCUT2D eigenvalue weighted by atomic mass is 9.77. The van der Waals surface area contributed by atoms with Gasteiger partial charge in [0.1, 0.15) is 0 Å². The van der Waals surface area contributed by atoms with Gasteiger partial charge in [-0.25, -0.2) is 0 Å². The summed E-state index contributed by atoms with van der Waals surface area (Å²) in [6.45, 7) is 4.66. The molecule has 3 atom stereocenters. The van der Waals surface area contributed by atoms with Crippen LogP contribution in [0, 0.1) is 0 Å². The van der Waals surface area contributed by atoms with Gasteiger partial charge in [0, 0.05) is 10.2 Å². The number of rotatable bonds is 1. The van der Waals surface area contributed by atoms with Crippen molar-refractivity contribution in [3.8, 4) is 0 Å². The Hall–Kier alpha value is -1.08. The Morgan fingerprint density at radius 2 is 1.56 bits per heavy atom. The minimum absolute atomic E-state index is 0.0667.